The van der Waals surface area contributed by atoms with Gasteiger partial charge in [-0.25, -0.2) is 0 Å². The van der Waals surface area contributed by atoms with E-state index >= 15 is 0 Å². The third-order valence-electron chi connectivity index (χ3n) is 4.43. The van der Waals surface area contributed by atoms with Crippen LogP contribution >= 0.6 is 0 Å². The number of rotatable bonds is 5. The lowest BCUT2D eigenvalue weighted by atomic mass is 9.91. The molecule has 0 saturated heterocycles. The van der Waals surface area contributed by atoms with Gasteiger partial charge in [0.15, 0.2) is 0 Å². The second-order valence-electron chi connectivity index (χ2n) is 6.10. The molecule has 0 bridgehead atoms. The molecule has 1 atom stereocenters. The number of aryl methyl sites for hydroxylation is 1. The maximum Gasteiger partial charge on any atom is 0.0792 e. The van der Waals surface area contributed by atoms with Gasteiger partial charge in [-0.15, -0.1) is 0 Å². The van der Waals surface area contributed by atoms with E-state index in [0.717, 1.165) is 24.3 Å². The van der Waals surface area contributed by atoms with Crippen molar-refractivity contribution in [3.63, 3.8) is 0 Å². The molecule has 1 saturated carbocycles. The Balaban J connectivity index is 1.89. The molecular formula is C18H28O. The lowest BCUT2D eigenvalue weighted by Crippen LogP contribution is -2.07. The SMILES string of the molecule is CCCc1ccc(C(O)CC2CCCCCC2)cc1. The Morgan fingerprint density at radius 2 is 1.68 bits per heavy atom. The first-order chi connectivity index (χ1) is 9.29. The molecule has 1 unspecified atom stereocenters. The molecule has 1 aromatic carbocycles. The highest BCUT2D eigenvalue weighted by Crippen LogP contribution is 2.31. The van der Waals surface area contributed by atoms with Crippen LogP contribution in [-0.2, 0) is 6.42 Å². The largest absolute Gasteiger partial charge is 0.388 e. The molecule has 1 heteroatoms. The zero-order valence-electron chi connectivity index (χ0n) is 12.3. The predicted molar refractivity (Wildman–Crippen MR) is 81.2 cm³/mol. The van der Waals surface area contributed by atoms with Gasteiger partial charge in [-0.2, -0.15) is 0 Å². The zero-order chi connectivity index (χ0) is 13.5. The molecule has 106 valence electrons. The van der Waals surface area contributed by atoms with E-state index in [1.807, 2.05) is 0 Å². The first-order valence-corrected chi connectivity index (χ1v) is 8.06. The van der Waals surface area contributed by atoms with Crippen LogP contribution in [0, 0.1) is 5.92 Å². The summed E-state index contributed by atoms with van der Waals surface area (Å²) in [5.41, 5.74) is 2.48. The molecule has 1 nitrogen and oxygen atoms in total. The van der Waals surface area contributed by atoms with E-state index in [1.54, 1.807) is 0 Å². The average molecular weight is 260 g/mol. The van der Waals surface area contributed by atoms with Gasteiger partial charge in [0, 0.05) is 0 Å². The summed E-state index contributed by atoms with van der Waals surface area (Å²) < 4.78 is 0. The summed E-state index contributed by atoms with van der Waals surface area (Å²) in [6, 6.07) is 8.59. The number of hydrogen-bond acceptors (Lipinski definition) is 1. The quantitative estimate of drug-likeness (QED) is 0.736. The molecule has 1 aliphatic carbocycles. The molecule has 0 aliphatic heterocycles. The van der Waals surface area contributed by atoms with Gasteiger partial charge in [-0.1, -0.05) is 76.1 Å². The van der Waals surface area contributed by atoms with Crippen LogP contribution in [0.2, 0.25) is 0 Å². The van der Waals surface area contributed by atoms with Crippen molar-refractivity contribution in [2.75, 3.05) is 0 Å². The fourth-order valence-electron chi connectivity index (χ4n) is 3.25. The molecule has 0 amide bonds. The van der Waals surface area contributed by atoms with Crippen LogP contribution in [0.25, 0.3) is 0 Å². The predicted octanol–water partition coefficient (Wildman–Crippen LogP) is 5.03. The maximum absolute atomic E-state index is 10.4. The summed E-state index contributed by atoms with van der Waals surface area (Å²) in [4.78, 5) is 0. The molecule has 0 spiro atoms. The lowest BCUT2D eigenvalue weighted by molar-refractivity contribution is 0.139. The van der Waals surface area contributed by atoms with E-state index in [0.29, 0.717) is 0 Å². The molecule has 19 heavy (non-hydrogen) atoms. The first-order valence-electron chi connectivity index (χ1n) is 8.06. The van der Waals surface area contributed by atoms with Crippen LogP contribution in [0.1, 0.15) is 75.5 Å². The topological polar surface area (TPSA) is 20.2 Å². The fraction of sp³-hybridized carbons (Fsp3) is 0.667. The van der Waals surface area contributed by atoms with E-state index in [-0.39, 0.29) is 6.10 Å². The van der Waals surface area contributed by atoms with Crippen molar-refractivity contribution < 1.29 is 5.11 Å². The third kappa shape index (κ3) is 4.65. The highest BCUT2D eigenvalue weighted by Gasteiger charge is 2.17. The van der Waals surface area contributed by atoms with E-state index in [1.165, 1.54) is 50.5 Å². The van der Waals surface area contributed by atoms with Gasteiger partial charge in [0.05, 0.1) is 6.10 Å². The van der Waals surface area contributed by atoms with Crippen molar-refractivity contribution in [1.29, 1.82) is 0 Å². The maximum atomic E-state index is 10.4. The van der Waals surface area contributed by atoms with Gasteiger partial charge in [0.1, 0.15) is 0 Å². The lowest BCUT2D eigenvalue weighted by Gasteiger charge is -2.19. The number of aliphatic hydroxyl groups is 1. The standard InChI is InChI=1S/C18H28O/c1-2-7-15-10-12-17(13-11-15)18(19)14-16-8-5-3-4-6-9-16/h10-13,16,18-19H,2-9,14H2,1H3. The van der Waals surface area contributed by atoms with E-state index in [4.69, 9.17) is 0 Å². The molecule has 0 radical (unpaired) electrons. The monoisotopic (exact) mass is 260 g/mol. The van der Waals surface area contributed by atoms with Crippen LogP contribution in [0.3, 0.4) is 0 Å². The summed E-state index contributed by atoms with van der Waals surface area (Å²) in [7, 11) is 0. The van der Waals surface area contributed by atoms with Gasteiger partial charge in [0.2, 0.25) is 0 Å². The highest BCUT2D eigenvalue weighted by atomic mass is 16.3. The molecule has 1 aliphatic rings. The molecule has 2 rings (SSSR count). The van der Waals surface area contributed by atoms with Crippen molar-refractivity contribution >= 4 is 0 Å². The Labute approximate surface area is 118 Å². The minimum absolute atomic E-state index is 0.265. The number of aliphatic hydroxyl groups excluding tert-OH is 1. The minimum Gasteiger partial charge on any atom is -0.388 e. The zero-order valence-corrected chi connectivity index (χ0v) is 12.3. The Morgan fingerprint density at radius 1 is 1.05 bits per heavy atom. The van der Waals surface area contributed by atoms with Crippen LogP contribution in [-0.4, -0.2) is 5.11 Å². The summed E-state index contributed by atoms with van der Waals surface area (Å²) in [6.45, 7) is 2.20. The molecule has 0 aromatic heterocycles. The Bertz CT molecular complexity index is 346. The molecular weight excluding hydrogens is 232 g/mol. The molecule has 1 N–H and O–H groups in total. The Morgan fingerprint density at radius 3 is 2.26 bits per heavy atom. The van der Waals surface area contributed by atoms with Crippen LogP contribution in [0.15, 0.2) is 24.3 Å². The smallest absolute Gasteiger partial charge is 0.0792 e. The molecule has 1 fully saturated rings. The Kier molecular flexibility index (Phi) is 5.91. The summed E-state index contributed by atoms with van der Waals surface area (Å²) in [6.07, 6.45) is 11.1. The molecule has 1 aromatic rings. The van der Waals surface area contributed by atoms with Gasteiger partial charge < -0.3 is 5.11 Å². The minimum atomic E-state index is -0.265. The second-order valence-corrected chi connectivity index (χ2v) is 6.10. The van der Waals surface area contributed by atoms with Crippen LogP contribution < -0.4 is 0 Å². The van der Waals surface area contributed by atoms with Gasteiger partial charge in [0.25, 0.3) is 0 Å². The normalized spacial score (nSPS) is 19.1. The van der Waals surface area contributed by atoms with Crippen molar-refractivity contribution in [3.8, 4) is 0 Å². The summed E-state index contributed by atoms with van der Waals surface area (Å²) in [5, 5.41) is 10.4. The van der Waals surface area contributed by atoms with Crippen molar-refractivity contribution in [3.05, 3.63) is 35.4 Å². The number of hydrogen-bond donors (Lipinski definition) is 1. The Hall–Kier alpha value is -0.820. The summed E-state index contributed by atoms with van der Waals surface area (Å²) >= 11 is 0. The van der Waals surface area contributed by atoms with E-state index in [9.17, 15) is 5.11 Å². The van der Waals surface area contributed by atoms with Gasteiger partial charge >= 0.3 is 0 Å². The van der Waals surface area contributed by atoms with Crippen molar-refractivity contribution in [2.24, 2.45) is 5.92 Å². The summed E-state index contributed by atoms with van der Waals surface area (Å²) in [5.74, 6) is 0.729. The van der Waals surface area contributed by atoms with E-state index < -0.39 is 0 Å². The first kappa shape index (κ1) is 14.6. The third-order valence-corrected chi connectivity index (χ3v) is 4.43. The van der Waals surface area contributed by atoms with Gasteiger partial charge in [-0.3, -0.25) is 0 Å². The highest BCUT2D eigenvalue weighted by molar-refractivity contribution is 5.24. The van der Waals surface area contributed by atoms with Crippen LogP contribution in [0.4, 0.5) is 0 Å². The van der Waals surface area contributed by atoms with Crippen molar-refractivity contribution in [2.45, 2.75) is 70.8 Å². The van der Waals surface area contributed by atoms with Crippen molar-refractivity contribution in [1.82, 2.24) is 0 Å². The average Bonchev–Trinajstić information content (AvgIpc) is 2.68. The molecule has 0 heterocycles. The fourth-order valence-corrected chi connectivity index (χ4v) is 3.25. The number of benzene rings is 1. The van der Waals surface area contributed by atoms with Crippen LogP contribution in [0.5, 0.6) is 0 Å². The van der Waals surface area contributed by atoms with Gasteiger partial charge in [-0.05, 0) is 29.9 Å². The van der Waals surface area contributed by atoms with E-state index in [2.05, 4.69) is 31.2 Å². The second kappa shape index (κ2) is 7.69.